The molecule has 0 unspecified atom stereocenters. The highest BCUT2D eigenvalue weighted by atomic mass is 16.6. The summed E-state index contributed by atoms with van der Waals surface area (Å²) in [5.74, 6) is 1.04. The zero-order valence-corrected chi connectivity index (χ0v) is 14.4. The molecule has 0 aromatic heterocycles. The van der Waals surface area contributed by atoms with Crippen LogP contribution in [0.1, 0.15) is 25.7 Å². The van der Waals surface area contributed by atoms with E-state index in [-0.39, 0.29) is 12.1 Å². The van der Waals surface area contributed by atoms with Crippen LogP contribution >= 0.6 is 0 Å². The van der Waals surface area contributed by atoms with Crippen LogP contribution in [0.5, 0.6) is 11.5 Å². The number of hydrogen-bond acceptors (Lipinski definition) is 4. The molecule has 136 valence electrons. The molecular weight excluding hydrogens is 332 g/mol. The molecule has 0 saturated heterocycles. The van der Waals surface area contributed by atoms with Gasteiger partial charge in [-0.15, -0.1) is 0 Å². The summed E-state index contributed by atoms with van der Waals surface area (Å²) in [6.45, 7) is 0. The summed E-state index contributed by atoms with van der Waals surface area (Å²) < 4.78 is 10.5. The highest BCUT2D eigenvalue weighted by Gasteiger charge is 2.24. The molecule has 1 aliphatic carbocycles. The average Bonchev–Trinajstić information content (AvgIpc) is 2.65. The van der Waals surface area contributed by atoms with E-state index in [0.29, 0.717) is 11.5 Å². The minimum absolute atomic E-state index is 0.0504. The molecule has 6 heteroatoms. The van der Waals surface area contributed by atoms with Gasteiger partial charge < -0.3 is 20.1 Å². The Morgan fingerprint density at radius 2 is 1.00 bits per heavy atom. The molecule has 1 saturated carbocycles. The van der Waals surface area contributed by atoms with Gasteiger partial charge in [0.15, 0.2) is 0 Å². The van der Waals surface area contributed by atoms with Gasteiger partial charge in [0.2, 0.25) is 0 Å². The number of carbonyl (C=O) groups excluding carboxylic acids is 2. The first kappa shape index (κ1) is 17.8. The first-order valence-corrected chi connectivity index (χ1v) is 8.76. The minimum atomic E-state index is -0.448. The van der Waals surface area contributed by atoms with Crippen LogP contribution in [0.4, 0.5) is 9.59 Å². The third-order valence-corrected chi connectivity index (χ3v) is 4.28. The molecule has 2 amide bonds. The Labute approximate surface area is 152 Å². The van der Waals surface area contributed by atoms with E-state index in [2.05, 4.69) is 10.6 Å². The topological polar surface area (TPSA) is 76.7 Å². The van der Waals surface area contributed by atoms with Gasteiger partial charge in [0.05, 0.1) is 0 Å². The average molecular weight is 354 g/mol. The first-order chi connectivity index (χ1) is 12.7. The molecule has 2 N–H and O–H groups in total. The number of ether oxygens (including phenoxy) is 2. The highest BCUT2D eigenvalue weighted by molar-refractivity contribution is 5.71. The smallest absolute Gasteiger partial charge is 0.410 e. The second-order valence-corrected chi connectivity index (χ2v) is 6.24. The van der Waals surface area contributed by atoms with Gasteiger partial charge in [-0.05, 0) is 49.9 Å². The van der Waals surface area contributed by atoms with Crippen molar-refractivity contribution in [3.63, 3.8) is 0 Å². The summed E-state index contributed by atoms with van der Waals surface area (Å²) in [5.41, 5.74) is 0. The van der Waals surface area contributed by atoms with Crippen LogP contribution in [0, 0.1) is 0 Å². The third-order valence-electron chi connectivity index (χ3n) is 4.28. The molecule has 0 spiro atoms. The van der Waals surface area contributed by atoms with E-state index >= 15 is 0 Å². The van der Waals surface area contributed by atoms with Crippen LogP contribution in [-0.4, -0.2) is 24.3 Å². The van der Waals surface area contributed by atoms with Gasteiger partial charge in [-0.3, -0.25) is 0 Å². The van der Waals surface area contributed by atoms with Crippen molar-refractivity contribution in [2.75, 3.05) is 0 Å². The van der Waals surface area contributed by atoms with E-state index in [0.717, 1.165) is 25.7 Å². The summed E-state index contributed by atoms with van der Waals surface area (Å²) in [7, 11) is 0. The fourth-order valence-corrected chi connectivity index (χ4v) is 2.97. The van der Waals surface area contributed by atoms with Crippen molar-refractivity contribution in [3.05, 3.63) is 60.7 Å². The van der Waals surface area contributed by atoms with Crippen molar-refractivity contribution in [2.24, 2.45) is 0 Å². The summed E-state index contributed by atoms with van der Waals surface area (Å²) >= 11 is 0. The Bertz CT molecular complexity index is 650. The van der Waals surface area contributed by atoms with Crippen LogP contribution in [0.15, 0.2) is 60.7 Å². The molecule has 0 radical (unpaired) electrons. The van der Waals surface area contributed by atoms with Crippen LogP contribution in [0.25, 0.3) is 0 Å². The van der Waals surface area contributed by atoms with E-state index < -0.39 is 12.2 Å². The van der Waals surface area contributed by atoms with Crippen molar-refractivity contribution < 1.29 is 19.1 Å². The molecule has 0 heterocycles. The molecule has 3 rings (SSSR count). The van der Waals surface area contributed by atoms with Gasteiger partial charge in [-0.2, -0.15) is 0 Å². The normalized spacial score (nSPS) is 19.2. The Kier molecular flexibility index (Phi) is 6.09. The zero-order valence-electron chi connectivity index (χ0n) is 14.4. The number of para-hydroxylation sites is 2. The lowest BCUT2D eigenvalue weighted by Crippen LogP contribution is -2.45. The summed E-state index contributed by atoms with van der Waals surface area (Å²) in [4.78, 5) is 23.8. The molecule has 0 atom stereocenters. The fourth-order valence-electron chi connectivity index (χ4n) is 2.97. The number of benzene rings is 2. The minimum Gasteiger partial charge on any atom is -0.410 e. The van der Waals surface area contributed by atoms with E-state index in [4.69, 9.17) is 9.47 Å². The van der Waals surface area contributed by atoms with Crippen LogP contribution in [0.2, 0.25) is 0 Å². The fraction of sp³-hybridized carbons (Fsp3) is 0.300. The molecule has 1 aliphatic rings. The quantitative estimate of drug-likeness (QED) is 0.874. The molecular formula is C20H22N2O4. The maximum Gasteiger partial charge on any atom is 0.412 e. The van der Waals surface area contributed by atoms with Gasteiger partial charge in [0, 0.05) is 12.1 Å². The van der Waals surface area contributed by atoms with Crippen molar-refractivity contribution in [1.29, 1.82) is 0 Å². The Morgan fingerprint density at radius 3 is 1.35 bits per heavy atom. The van der Waals surface area contributed by atoms with Gasteiger partial charge in [-0.1, -0.05) is 36.4 Å². The predicted octanol–water partition coefficient (Wildman–Crippen LogP) is 3.87. The SMILES string of the molecule is O=C(NC1CCC(NC(=O)Oc2ccccc2)CC1)Oc1ccccc1. The van der Waals surface area contributed by atoms with Crippen molar-refractivity contribution in [3.8, 4) is 11.5 Å². The Hall–Kier alpha value is -3.02. The number of carbonyl (C=O) groups is 2. The number of rotatable bonds is 4. The lowest BCUT2D eigenvalue weighted by Gasteiger charge is -2.29. The maximum atomic E-state index is 11.9. The van der Waals surface area contributed by atoms with Crippen LogP contribution < -0.4 is 20.1 Å². The monoisotopic (exact) mass is 354 g/mol. The molecule has 0 bridgehead atoms. The van der Waals surface area contributed by atoms with E-state index in [9.17, 15) is 9.59 Å². The van der Waals surface area contributed by atoms with Crippen molar-refractivity contribution >= 4 is 12.2 Å². The molecule has 1 fully saturated rings. The number of hydrogen-bond donors (Lipinski definition) is 2. The Balaban J connectivity index is 1.37. The molecule has 6 nitrogen and oxygen atoms in total. The zero-order chi connectivity index (χ0) is 18.2. The second kappa shape index (κ2) is 8.89. The summed E-state index contributed by atoms with van der Waals surface area (Å²) in [6, 6.07) is 18.0. The highest BCUT2D eigenvalue weighted by Crippen LogP contribution is 2.19. The van der Waals surface area contributed by atoms with E-state index in [1.165, 1.54) is 0 Å². The van der Waals surface area contributed by atoms with Crippen molar-refractivity contribution in [2.45, 2.75) is 37.8 Å². The first-order valence-electron chi connectivity index (χ1n) is 8.76. The van der Waals surface area contributed by atoms with E-state index in [1.54, 1.807) is 24.3 Å². The number of nitrogens with one attached hydrogen (secondary N) is 2. The molecule has 2 aromatic carbocycles. The summed E-state index contributed by atoms with van der Waals surface area (Å²) in [6.07, 6.45) is 2.22. The Morgan fingerprint density at radius 1 is 0.654 bits per heavy atom. The van der Waals surface area contributed by atoms with Crippen LogP contribution in [-0.2, 0) is 0 Å². The van der Waals surface area contributed by atoms with Crippen LogP contribution in [0.3, 0.4) is 0 Å². The van der Waals surface area contributed by atoms with Gasteiger partial charge in [0.1, 0.15) is 11.5 Å². The molecule has 26 heavy (non-hydrogen) atoms. The van der Waals surface area contributed by atoms with Gasteiger partial charge in [-0.25, -0.2) is 9.59 Å². The van der Waals surface area contributed by atoms with Gasteiger partial charge in [0.25, 0.3) is 0 Å². The standard InChI is InChI=1S/C20H22N2O4/c23-19(25-17-7-3-1-4-8-17)21-15-11-13-16(14-12-15)22-20(24)26-18-9-5-2-6-10-18/h1-10,15-16H,11-14H2,(H,21,23)(H,22,24). The molecule has 2 aromatic rings. The van der Waals surface area contributed by atoms with Gasteiger partial charge >= 0.3 is 12.2 Å². The predicted molar refractivity (Wildman–Crippen MR) is 97.2 cm³/mol. The maximum absolute atomic E-state index is 11.9. The number of amides is 2. The third kappa shape index (κ3) is 5.51. The van der Waals surface area contributed by atoms with Crippen molar-refractivity contribution in [1.82, 2.24) is 10.6 Å². The lowest BCUT2D eigenvalue weighted by atomic mass is 9.91. The van der Waals surface area contributed by atoms with E-state index in [1.807, 2.05) is 36.4 Å². The molecule has 0 aliphatic heterocycles. The largest absolute Gasteiger partial charge is 0.412 e. The lowest BCUT2D eigenvalue weighted by molar-refractivity contribution is 0.181. The second-order valence-electron chi connectivity index (χ2n) is 6.24. The summed E-state index contributed by atoms with van der Waals surface area (Å²) in [5, 5.41) is 5.75.